The van der Waals surface area contributed by atoms with Gasteiger partial charge >= 0.3 is 0 Å². The van der Waals surface area contributed by atoms with Crippen LogP contribution < -0.4 is 0 Å². The van der Waals surface area contributed by atoms with Gasteiger partial charge in [0.05, 0.1) is 5.69 Å². The minimum absolute atomic E-state index is 0.0368. The van der Waals surface area contributed by atoms with Crippen LogP contribution in [0, 0.1) is 5.41 Å². The van der Waals surface area contributed by atoms with E-state index >= 15 is 0 Å². The maximum atomic E-state index is 11.4. The molecule has 1 saturated carbocycles. The van der Waals surface area contributed by atoms with Crippen molar-refractivity contribution in [3.8, 4) is 0 Å². The number of pyridine rings is 1. The Hall–Kier alpha value is -0.890. The van der Waals surface area contributed by atoms with Crippen LogP contribution in [-0.4, -0.2) is 10.1 Å². The van der Waals surface area contributed by atoms with Gasteiger partial charge in [-0.1, -0.05) is 46.6 Å². The number of aromatic nitrogens is 1. The molecule has 0 aliphatic heterocycles. The summed E-state index contributed by atoms with van der Waals surface area (Å²) in [6, 6.07) is 4.37. The third kappa shape index (κ3) is 1.77. The van der Waals surface area contributed by atoms with Crippen molar-refractivity contribution in [2.24, 2.45) is 5.41 Å². The van der Waals surface area contributed by atoms with Crippen LogP contribution in [-0.2, 0) is 17.4 Å². The van der Waals surface area contributed by atoms with Crippen molar-refractivity contribution < 1.29 is 5.11 Å². The monoisotopic (exact) mass is 273 g/mol. The molecule has 1 aromatic rings. The van der Waals surface area contributed by atoms with Gasteiger partial charge in [-0.15, -0.1) is 0 Å². The van der Waals surface area contributed by atoms with Crippen LogP contribution in [0.2, 0.25) is 0 Å². The van der Waals surface area contributed by atoms with Gasteiger partial charge in [0.25, 0.3) is 0 Å². The predicted octanol–water partition coefficient (Wildman–Crippen LogP) is 4.09. The minimum Gasteiger partial charge on any atom is -0.383 e. The lowest BCUT2D eigenvalue weighted by atomic mass is 9.70. The Morgan fingerprint density at radius 2 is 1.85 bits per heavy atom. The number of hydrogen-bond acceptors (Lipinski definition) is 2. The minimum atomic E-state index is -0.708. The van der Waals surface area contributed by atoms with Crippen molar-refractivity contribution in [2.45, 2.75) is 77.2 Å². The van der Waals surface area contributed by atoms with E-state index in [1.165, 1.54) is 18.4 Å². The molecule has 110 valence electrons. The molecule has 0 bridgehead atoms. The quantitative estimate of drug-likeness (QED) is 0.836. The summed E-state index contributed by atoms with van der Waals surface area (Å²) in [6.07, 6.45) is 6.60. The second-order valence-corrected chi connectivity index (χ2v) is 7.83. The Morgan fingerprint density at radius 3 is 2.40 bits per heavy atom. The zero-order valence-corrected chi connectivity index (χ0v) is 13.3. The molecule has 1 fully saturated rings. The third-order valence-corrected chi connectivity index (χ3v) is 5.62. The van der Waals surface area contributed by atoms with Gasteiger partial charge in [-0.25, -0.2) is 0 Å². The van der Waals surface area contributed by atoms with Crippen LogP contribution >= 0.6 is 0 Å². The lowest BCUT2D eigenvalue weighted by molar-refractivity contribution is -0.0817. The standard InChI is InChI=1S/C18H27NO/c1-5-18(20)15-13(12-17(18)10-6-7-11-17)8-9-14(19-15)16(2,3)4/h8-9,20H,5-7,10-12H2,1-4H3. The molecular weight excluding hydrogens is 246 g/mol. The van der Waals surface area contributed by atoms with E-state index in [0.717, 1.165) is 37.1 Å². The Balaban J connectivity index is 2.12. The Bertz CT molecular complexity index is 523. The lowest BCUT2D eigenvalue weighted by Crippen LogP contribution is -2.41. The van der Waals surface area contributed by atoms with Crippen molar-refractivity contribution in [3.05, 3.63) is 29.1 Å². The first-order chi connectivity index (χ1) is 9.32. The molecule has 1 aromatic heterocycles. The van der Waals surface area contributed by atoms with E-state index < -0.39 is 5.60 Å². The molecule has 2 aliphatic rings. The van der Waals surface area contributed by atoms with E-state index in [2.05, 4.69) is 39.8 Å². The maximum absolute atomic E-state index is 11.4. The first kappa shape index (κ1) is 14.1. The van der Waals surface area contributed by atoms with Gasteiger partial charge in [0.1, 0.15) is 5.60 Å². The van der Waals surface area contributed by atoms with Crippen LogP contribution in [0.3, 0.4) is 0 Å². The first-order valence-corrected chi connectivity index (χ1v) is 8.06. The molecule has 2 nitrogen and oxygen atoms in total. The molecule has 0 radical (unpaired) electrons. The predicted molar refractivity (Wildman–Crippen MR) is 81.7 cm³/mol. The molecule has 2 aliphatic carbocycles. The molecule has 1 N–H and O–H groups in total. The number of fused-ring (bicyclic) bond motifs is 1. The average Bonchev–Trinajstić information content (AvgIpc) is 2.95. The normalized spacial score (nSPS) is 28.1. The van der Waals surface area contributed by atoms with Crippen molar-refractivity contribution in [3.63, 3.8) is 0 Å². The molecule has 3 rings (SSSR count). The number of hydrogen-bond donors (Lipinski definition) is 1. The van der Waals surface area contributed by atoms with Gasteiger partial charge in [-0.2, -0.15) is 0 Å². The number of rotatable bonds is 1. The van der Waals surface area contributed by atoms with Crippen molar-refractivity contribution >= 4 is 0 Å². The van der Waals surface area contributed by atoms with E-state index in [1.54, 1.807) is 0 Å². The van der Waals surface area contributed by atoms with Crippen LogP contribution in [0.25, 0.3) is 0 Å². The number of nitrogens with zero attached hydrogens (tertiary/aromatic N) is 1. The van der Waals surface area contributed by atoms with E-state index in [0.29, 0.717) is 0 Å². The second-order valence-electron chi connectivity index (χ2n) is 7.83. The Morgan fingerprint density at radius 1 is 1.20 bits per heavy atom. The molecule has 0 aromatic carbocycles. The number of aliphatic hydroxyl groups is 1. The van der Waals surface area contributed by atoms with Crippen LogP contribution in [0.1, 0.15) is 76.8 Å². The van der Waals surface area contributed by atoms with Crippen molar-refractivity contribution in [1.29, 1.82) is 0 Å². The molecule has 1 heterocycles. The zero-order chi connectivity index (χ0) is 14.6. The van der Waals surface area contributed by atoms with Crippen LogP contribution in [0.4, 0.5) is 0 Å². The smallest absolute Gasteiger partial charge is 0.112 e. The van der Waals surface area contributed by atoms with E-state index in [-0.39, 0.29) is 10.8 Å². The van der Waals surface area contributed by atoms with Crippen LogP contribution in [0.5, 0.6) is 0 Å². The molecule has 0 saturated heterocycles. The average molecular weight is 273 g/mol. The Labute approximate surface area is 122 Å². The van der Waals surface area contributed by atoms with Gasteiger partial charge in [-0.05, 0) is 37.3 Å². The summed E-state index contributed by atoms with van der Waals surface area (Å²) in [5.74, 6) is 0. The fraction of sp³-hybridized carbons (Fsp3) is 0.722. The molecule has 2 heteroatoms. The largest absolute Gasteiger partial charge is 0.383 e. The van der Waals surface area contributed by atoms with Gasteiger partial charge in [0.2, 0.25) is 0 Å². The topological polar surface area (TPSA) is 33.1 Å². The summed E-state index contributed by atoms with van der Waals surface area (Å²) in [7, 11) is 0. The van der Waals surface area contributed by atoms with E-state index in [1.807, 2.05) is 0 Å². The summed E-state index contributed by atoms with van der Waals surface area (Å²) < 4.78 is 0. The summed E-state index contributed by atoms with van der Waals surface area (Å²) >= 11 is 0. The first-order valence-electron chi connectivity index (χ1n) is 8.06. The van der Waals surface area contributed by atoms with Gasteiger partial charge in [-0.3, -0.25) is 4.98 Å². The van der Waals surface area contributed by atoms with Crippen LogP contribution in [0.15, 0.2) is 12.1 Å². The molecule has 1 atom stereocenters. The summed E-state index contributed by atoms with van der Waals surface area (Å²) in [5.41, 5.74) is 2.75. The molecular formula is C18H27NO. The fourth-order valence-corrected chi connectivity index (χ4v) is 4.35. The van der Waals surface area contributed by atoms with E-state index in [9.17, 15) is 5.11 Å². The molecule has 0 amide bonds. The summed E-state index contributed by atoms with van der Waals surface area (Å²) in [5, 5.41) is 11.4. The van der Waals surface area contributed by atoms with E-state index in [4.69, 9.17) is 4.98 Å². The fourth-order valence-electron chi connectivity index (χ4n) is 4.35. The molecule has 20 heavy (non-hydrogen) atoms. The SMILES string of the molecule is CCC1(O)c2nc(C(C)(C)C)ccc2CC12CCCC2. The van der Waals surface area contributed by atoms with Gasteiger partial charge in [0.15, 0.2) is 0 Å². The maximum Gasteiger partial charge on any atom is 0.112 e. The third-order valence-electron chi connectivity index (χ3n) is 5.62. The summed E-state index contributed by atoms with van der Waals surface area (Å²) in [4.78, 5) is 4.92. The second kappa shape index (κ2) is 4.30. The molecule has 1 unspecified atom stereocenters. The highest BCUT2D eigenvalue weighted by molar-refractivity contribution is 5.39. The van der Waals surface area contributed by atoms with Crippen molar-refractivity contribution in [2.75, 3.05) is 0 Å². The van der Waals surface area contributed by atoms with Gasteiger partial charge in [0, 0.05) is 16.5 Å². The summed E-state index contributed by atoms with van der Waals surface area (Å²) in [6.45, 7) is 8.67. The molecule has 1 spiro atoms. The van der Waals surface area contributed by atoms with Gasteiger partial charge < -0.3 is 5.11 Å². The van der Waals surface area contributed by atoms with Crippen molar-refractivity contribution in [1.82, 2.24) is 4.98 Å². The highest BCUT2D eigenvalue weighted by Gasteiger charge is 2.57. The lowest BCUT2D eigenvalue weighted by Gasteiger charge is -2.39. The Kier molecular flexibility index (Phi) is 3.02. The highest BCUT2D eigenvalue weighted by atomic mass is 16.3. The highest BCUT2D eigenvalue weighted by Crippen LogP contribution is 2.59. The zero-order valence-electron chi connectivity index (χ0n) is 13.3.